The highest BCUT2D eigenvalue weighted by Crippen LogP contribution is 2.27. The van der Waals surface area contributed by atoms with Crippen molar-refractivity contribution in [1.29, 1.82) is 0 Å². The smallest absolute Gasteiger partial charge is 0.243 e. The molecule has 1 amide bonds. The number of hydrogen-bond acceptors (Lipinski definition) is 3. The summed E-state index contributed by atoms with van der Waals surface area (Å²) >= 11 is 0. The first-order chi connectivity index (χ1) is 12.6. The third-order valence-corrected chi connectivity index (χ3v) is 5.03. The molecule has 150 valence electrons. The van der Waals surface area contributed by atoms with Gasteiger partial charge in [-0.05, 0) is 24.5 Å². The van der Waals surface area contributed by atoms with Crippen LogP contribution in [0, 0.1) is 0 Å². The number of ether oxygens (including phenoxy) is 1. The van der Waals surface area contributed by atoms with E-state index in [2.05, 4.69) is 21.7 Å². The van der Waals surface area contributed by atoms with E-state index in [1.165, 1.54) is 24.8 Å². The van der Waals surface area contributed by atoms with Crippen molar-refractivity contribution >= 4 is 35.8 Å². The molecule has 7 heteroatoms. The zero-order valence-corrected chi connectivity index (χ0v) is 18.6. The Kier molecular flexibility index (Phi) is 8.66. The van der Waals surface area contributed by atoms with E-state index < -0.39 is 0 Å². The largest absolute Gasteiger partial charge is 0.488 e. The second-order valence-electron chi connectivity index (χ2n) is 7.36. The molecule has 2 aliphatic rings. The van der Waals surface area contributed by atoms with E-state index in [1.54, 1.807) is 19.0 Å². The number of amides is 1. The number of carbonyl (C=O) groups excluding carboxylic acids is 1. The van der Waals surface area contributed by atoms with Gasteiger partial charge in [0.05, 0.1) is 6.54 Å². The number of hydrogen-bond donors (Lipinski definition) is 2. The fourth-order valence-electron chi connectivity index (χ4n) is 3.46. The molecule has 1 aromatic rings. The Morgan fingerprint density at radius 1 is 1.22 bits per heavy atom. The number of carbonyl (C=O) groups is 1. The third-order valence-electron chi connectivity index (χ3n) is 5.03. The molecule has 0 bridgehead atoms. The Balaban J connectivity index is 0.00000261. The molecule has 1 fully saturated rings. The van der Waals surface area contributed by atoms with Crippen LogP contribution in [-0.4, -0.2) is 56.1 Å². The zero-order chi connectivity index (χ0) is 18.4. The van der Waals surface area contributed by atoms with Crippen LogP contribution in [0.1, 0.15) is 37.7 Å². The van der Waals surface area contributed by atoms with Crippen LogP contribution < -0.4 is 15.4 Å². The molecule has 0 spiro atoms. The number of nitrogens with zero attached hydrogens (tertiary/aromatic N) is 2. The van der Waals surface area contributed by atoms with E-state index in [1.807, 2.05) is 18.2 Å². The Hall–Kier alpha value is -1.51. The van der Waals surface area contributed by atoms with Gasteiger partial charge < -0.3 is 20.3 Å². The summed E-state index contributed by atoms with van der Waals surface area (Å²) in [6, 6.07) is 8.61. The molecule has 1 aliphatic carbocycles. The topological polar surface area (TPSA) is 66.0 Å². The van der Waals surface area contributed by atoms with Crippen LogP contribution in [0.5, 0.6) is 5.75 Å². The second kappa shape index (κ2) is 10.7. The van der Waals surface area contributed by atoms with Crippen molar-refractivity contribution in [2.45, 2.75) is 50.7 Å². The van der Waals surface area contributed by atoms with Gasteiger partial charge in [-0.2, -0.15) is 0 Å². The lowest BCUT2D eigenvalue weighted by molar-refractivity contribution is -0.127. The summed E-state index contributed by atoms with van der Waals surface area (Å²) < 4.78 is 5.99. The van der Waals surface area contributed by atoms with Crippen LogP contribution in [-0.2, 0) is 11.2 Å². The minimum Gasteiger partial charge on any atom is -0.488 e. The normalized spacial score (nSPS) is 19.5. The lowest BCUT2D eigenvalue weighted by atomic mass is 9.96. The van der Waals surface area contributed by atoms with Crippen LogP contribution in [0.25, 0.3) is 0 Å². The number of benzene rings is 1. The summed E-state index contributed by atoms with van der Waals surface area (Å²) in [6.07, 6.45) is 7.13. The van der Waals surface area contributed by atoms with Crippen molar-refractivity contribution in [3.05, 3.63) is 29.8 Å². The Morgan fingerprint density at radius 2 is 1.96 bits per heavy atom. The maximum Gasteiger partial charge on any atom is 0.243 e. The maximum atomic E-state index is 11.9. The van der Waals surface area contributed by atoms with Gasteiger partial charge in [0.25, 0.3) is 0 Å². The molecule has 6 nitrogen and oxygen atoms in total. The number of fused-ring (bicyclic) bond motifs is 1. The Bertz CT molecular complexity index is 620. The van der Waals surface area contributed by atoms with Crippen molar-refractivity contribution < 1.29 is 9.53 Å². The van der Waals surface area contributed by atoms with Crippen LogP contribution in [0.15, 0.2) is 29.3 Å². The van der Waals surface area contributed by atoms with E-state index in [0.717, 1.165) is 25.0 Å². The molecule has 1 saturated carbocycles. The molecule has 0 saturated heterocycles. The number of guanidine groups is 1. The fourth-order valence-corrected chi connectivity index (χ4v) is 3.46. The molecule has 1 atom stereocenters. The predicted molar refractivity (Wildman–Crippen MR) is 119 cm³/mol. The molecular weight excluding hydrogens is 455 g/mol. The molecule has 2 N–H and O–H groups in total. The molecular formula is C20H31IN4O2. The molecule has 27 heavy (non-hydrogen) atoms. The lowest BCUT2D eigenvalue weighted by Gasteiger charge is -2.25. The first-order valence-corrected chi connectivity index (χ1v) is 9.61. The molecule has 1 heterocycles. The molecule has 3 rings (SSSR count). The number of rotatable bonds is 5. The average Bonchev–Trinajstić information content (AvgIpc) is 3.07. The van der Waals surface area contributed by atoms with Crippen molar-refractivity contribution in [1.82, 2.24) is 15.5 Å². The van der Waals surface area contributed by atoms with Gasteiger partial charge in [-0.15, -0.1) is 24.0 Å². The summed E-state index contributed by atoms with van der Waals surface area (Å²) in [5.74, 6) is 1.69. The van der Waals surface area contributed by atoms with Gasteiger partial charge >= 0.3 is 0 Å². The number of nitrogens with one attached hydrogen (secondary N) is 2. The minimum absolute atomic E-state index is 0. The van der Waals surface area contributed by atoms with Crippen LogP contribution >= 0.6 is 24.0 Å². The SMILES string of the molecule is CN(C)C(=O)CN=C(NCC1Cc2ccccc2O1)NC1CCCCC1.I. The van der Waals surface area contributed by atoms with Crippen LogP contribution in [0.2, 0.25) is 0 Å². The van der Waals surface area contributed by atoms with E-state index >= 15 is 0 Å². The van der Waals surface area contributed by atoms with E-state index in [-0.39, 0.29) is 42.5 Å². The van der Waals surface area contributed by atoms with Gasteiger partial charge in [0.1, 0.15) is 18.4 Å². The predicted octanol–water partition coefficient (Wildman–Crippen LogP) is 2.56. The summed E-state index contributed by atoms with van der Waals surface area (Å²) in [4.78, 5) is 18.0. The molecule has 1 aromatic carbocycles. The van der Waals surface area contributed by atoms with Crippen molar-refractivity contribution in [3.63, 3.8) is 0 Å². The zero-order valence-electron chi connectivity index (χ0n) is 16.2. The third kappa shape index (κ3) is 6.55. The molecule has 1 unspecified atom stereocenters. The number of para-hydroxylation sites is 1. The number of halogens is 1. The van der Waals surface area contributed by atoms with Gasteiger partial charge in [-0.25, -0.2) is 4.99 Å². The van der Waals surface area contributed by atoms with Gasteiger partial charge in [0.15, 0.2) is 5.96 Å². The van der Waals surface area contributed by atoms with Crippen molar-refractivity contribution in [2.75, 3.05) is 27.2 Å². The second-order valence-corrected chi connectivity index (χ2v) is 7.36. The van der Waals surface area contributed by atoms with Gasteiger partial charge in [-0.3, -0.25) is 4.79 Å². The maximum absolute atomic E-state index is 11.9. The quantitative estimate of drug-likeness (QED) is 0.382. The Morgan fingerprint density at radius 3 is 2.67 bits per heavy atom. The molecule has 1 aliphatic heterocycles. The first-order valence-electron chi connectivity index (χ1n) is 9.61. The highest BCUT2D eigenvalue weighted by molar-refractivity contribution is 14.0. The minimum atomic E-state index is -0.000680. The number of likely N-dealkylation sites (N-methyl/N-ethyl adjacent to an activating group) is 1. The molecule has 0 aromatic heterocycles. The first kappa shape index (κ1) is 21.8. The lowest BCUT2D eigenvalue weighted by Crippen LogP contribution is -2.47. The summed E-state index contributed by atoms with van der Waals surface area (Å²) in [6.45, 7) is 0.824. The summed E-state index contributed by atoms with van der Waals surface area (Å²) in [5.41, 5.74) is 1.25. The van der Waals surface area contributed by atoms with Gasteiger partial charge in [0, 0.05) is 26.6 Å². The van der Waals surface area contributed by atoms with Crippen LogP contribution in [0.3, 0.4) is 0 Å². The summed E-state index contributed by atoms with van der Waals surface area (Å²) in [5, 5.41) is 6.89. The average molecular weight is 486 g/mol. The van der Waals surface area contributed by atoms with E-state index in [9.17, 15) is 4.79 Å². The fraction of sp³-hybridized carbons (Fsp3) is 0.600. The van der Waals surface area contributed by atoms with E-state index in [4.69, 9.17) is 4.74 Å². The van der Waals surface area contributed by atoms with Gasteiger partial charge in [0.2, 0.25) is 5.91 Å². The number of aliphatic imine (C=N–C) groups is 1. The van der Waals surface area contributed by atoms with E-state index in [0.29, 0.717) is 18.5 Å². The van der Waals surface area contributed by atoms with Crippen LogP contribution in [0.4, 0.5) is 0 Å². The van der Waals surface area contributed by atoms with Gasteiger partial charge in [-0.1, -0.05) is 37.5 Å². The highest BCUT2D eigenvalue weighted by atomic mass is 127. The molecule has 0 radical (unpaired) electrons. The standard InChI is InChI=1S/C20H30N4O2.HI/c1-24(2)19(25)14-22-20(23-16-9-4-3-5-10-16)21-13-17-12-15-8-6-7-11-18(15)26-17;/h6-8,11,16-17H,3-5,9-10,12-14H2,1-2H3,(H2,21,22,23);1H. The highest BCUT2D eigenvalue weighted by Gasteiger charge is 2.23. The Labute approximate surface area is 179 Å². The van der Waals surface area contributed by atoms with Crippen molar-refractivity contribution in [2.24, 2.45) is 4.99 Å². The monoisotopic (exact) mass is 486 g/mol. The van der Waals surface area contributed by atoms with Crippen molar-refractivity contribution in [3.8, 4) is 5.75 Å². The summed E-state index contributed by atoms with van der Waals surface area (Å²) in [7, 11) is 3.51.